The average Bonchev–Trinajstić information content (AvgIpc) is 2.57. The van der Waals surface area contributed by atoms with Crippen LogP contribution in [-0.4, -0.2) is 42.6 Å². The van der Waals surface area contributed by atoms with Crippen LogP contribution in [0.2, 0.25) is 0 Å². The molecule has 0 radical (unpaired) electrons. The number of hydrazine groups is 1. The van der Waals surface area contributed by atoms with Crippen molar-refractivity contribution >= 4 is 29.0 Å². The van der Waals surface area contributed by atoms with Gasteiger partial charge in [-0.3, -0.25) is 20.0 Å². The summed E-state index contributed by atoms with van der Waals surface area (Å²) in [5.41, 5.74) is 8.32. The Morgan fingerprint density at radius 2 is 2.00 bits per heavy atom. The highest BCUT2D eigenvalue weighted by atomic mass is 32.1. The second-order valence-electron chi connectivity index (χ2n) is 4.72. The summed E-state index contributed by atoms with van der Waals surface area (Å²) >= 11 is 5.43. The Labute approximate surface area is 140 Å². The Morgan fingerprint density at radius 1 is 1.35 bits per heavy atom. The molecule has 126 valence electrons. The Bertz CT molecular complexity index is 606. The molecule has 0 saturated carbocycles. The molecule has 1 aromatic rings. The minimum Gasteiger partial charge on any atom is -0.497 e. The number of primary amides is 1. The van der Waals surface area contributed by atoms with E-state index in [0.29, 0.717) is 28.6 Å². The van der Waals surface area contributed by atoms with E-state index in [4.69, 9.17) is 27.4 Å². The first-order chi connectivity index (χ1) is 10.8. The van der Waals surface area contributed by atoms with Crippen molar-refractivity contribution in [3.8, 4) is 11.5 Å². The van der Waals surface area contributed by atoms with Gasteiger partial charge in [0.25, 0.3) is 5.91 Å². The van der Waals surface area contributed by atoms with Gasteiger partial charge < -0.3 is 15.2 Å². The molecular weight excluding hydrogens is 318 g/mol. The molecule has 1 unspecified atom stereocenters. The SMILES string of the molecule is CCN(NC(=O)C(C)C(N)=O)C(=S)c1cc(OC)ccc1OC. The fraction of sp³-hybridized carbons (Fsp3) is 0.400. The number of amides is 2. The van der Waals surface area contributed by atoms with E-state index in [0.717, 1.165) is 0 Å². The summed E-state index contributed by atoms with van der Waals surface area (Å²) in [5, 5.41) is 1.45. The molecule has 7 nitrogen and oxygen atoms in total. The number of nitrogens with zero attached hydrogens (tertiary/aromatic N) is 1. The molecule has 0 spiro atoms. The molecule has 0 saturated heterocycles. The average molecular weight is 339 g/mol. The van der Waals surface area contributed by atoms with Crippen LogP contribution in [0.5, 0.6) is 11.5 Å². The van der Waals surface area contributed by atoms with Gasteiger partial charge in [0.05, 0.1) is 19.8 Å². The van der Waals surface area contributed by atoms with E-state index in [-0.39, 0.29) is 0 Å². The topological polar surface area (TPSA) is 93.9 Å². The van der Waals surface area contributed by atoms with E-state index in [9.17, 15) is 9.59 Å². The first kappa shape index (κ1) is 18.7. The van der Waals surface area contributed by atoms with Gasteiger partial charge in [0, 0.05) is 6.54 Å². The van der Waals surface area contributed by atoms with Gasteiger partial charge in [-0.25, -0.2) is 0 Å². The third kappa shape index (κ3) is 4.56. The highest BCUT2D eigenvalue weighted by molar-refractivity contribution is 7.80. The largest absolute Gasteiger partial charge is 0.497 e. The summed E-state index contributed by atoms with van der Waals surface area (Å²) in [5.74, 6) is -1.03. The minimum absolute atomic E-state index is 0.341. The third-order valence-electron chi connectivity index (χ3n) is 3.26. The van der Waals surface area contributed by atoms with Crippen LogP contribution in [0.4, 0.5) is 0 Å². The molecule has 0 aromatic heterocycles. The first-order valence-electron chi connectivity index (χ1n) is 6.99. The molecule has 8 heteroatoms. The highest BCUT2D eigenvalue weighted by Gasteiger charge is 2.23. The number of hydrogen-bond acceptors (Lipinski definition) is 5. The number of carbonyl (C=O) groups excluding carboxylic acids is 2. The molecule has 0 fully saturated rings. The van der Waals surface area contributed by atoms with E-state index in [2.05, 4.69) is 5.43 Å². The molecule has 3 N–H and O–H groups in total. The van der Waals surface area contributed by atoms with Crippen molar-refractivity contribution in [3.05, 3.63) is 23.8 Å². The summed E-state index contributed by atoms with van der Waals surface area (Å²) < 4.78 is 10.5. The lowest BCUT2D eigenvalue weighted by Crippen LogP contribution is -2.49. The Kier molecular flexibility index (Phi) is 6.77. The van der Waals surface area contributed by atoms with Crippen molar-refractivity contribution in [2.24, 2.45) is 11.7 Å². The summed E-state index contributed by atoms with van der Waals surface area (Å²) in [6.45, 7) is 3.64. The molecule has 2 amide bonds. The third-order valence-corrected chi connectivity index (χ3v) is 3.70. The zero-order valence-electron chi connectivity index (χ0n) is 13.6. The predicted octanol–water partition coefficient (Wildman–Crippen LogP) is 0.854. The molecule has 1 atom stereocenters. The lowest BCUT2D eigenvalue weighted by molar-refractivity contribution is -0.134. The van der Waals surface area contributed by atoms with Gasteiger partial charge in [0.1, 0.15) is 22.4 Å². The fourth-order valence-electron chi connectivity index (χ4n) is 1.76. The van der Waals surface area contributed by atoms with Gasteiger partial charge in [0.2, 0.25) is 5.91 Å². The smallest absolute Gasteiger partial charge is 0.250 e. The molecule has 23 heavy (non-hydrogen) atoms. The summed E-state index contributed by atoms with van der Waals surface area (Å²) in [4.78, 5) is 23.4. The van der Waals surface area contributed by atoms with Crippen molar-refractivity contribution < 1.29 is 19.1 Å². The van der Waals surface area contributed by atoms with Crippen molar-refractivity contribution in [3.63, 3.8) is 0 Å². The maximum absolute atomic E-state index is 12.0. The Hall–Kier alpha value is -2.35. The molecule has 0 heterocycles. The number of nitrogens with two attached hydrogens (primary N) is 1. The second-order valence-corrected chi connectivity index (χ2v) is 5.10. The zero-order chi connectivity index (χ0) is 17.6. The van der Waals surface area contributed by atoms with Gasteiger partial charge in [-0.2, -0.15) is 0 Å². The van der Waals surface area contributed by atoms with Gasteiger partial charge in [-0.05, 0) is 32.0 Å². The fourth-order valence-corrected chi connectivity index (χ4v) is 2.09. The summed E-state index contributed by atoms with van der Waals surface area (Å²) in [6.07, 6.45) is 0. The predicted molar refractivity (Wildman–Crippen MR) is 90.1 cm³/mol. The van der Waals surface area contributed by atoms with Crippen molar-refractivity contribution in [1.82, 2.24) is 10.4 Å². The lowest BCUT2D eigenvalue weighted by atomic mass is 10.1. The molecular formula is C15H21N3O4S. The zero-order valence-corrected chi connectivity index (χ0v) is 14.4. The van der Waals surface area contributed by atoms with E-state index in [1.165, 1.54) is 19.0 Å². The molecule has 0 aliphatic heterocycles. The van der Waals surface area contributed by atoms with Gasteiger partial charge in [-0.1, -0.05) is 12.2 Å². The molecule has 0 aliphatic carbocycles. The minimum atomic E-state index is -0.959. The van der Waals surface area contributed by atoms with Gasteiger partial charge in [-0.15, -0.1) is 0 Å². The van der Waals surface area contributed by atoms with Crippen molar-refractivity contribution in [1.29, 1.82) is 0 Å². The van der Waals surface area contributed by atoms with E-state index in [1.54, 1.807) is 25.3 Å². The number of ether oxygens (including phenoxy) is 2. The van der Waals surface area contributed by atoms with Crippen LogP contribution in [0.15, 0.2) is 18.2 Å². The normalized spacial score (nSPS) is 11.3. The highest BCUT2D eigenvalue weighted by Crippen LogP contribution is 2.25. The Balaban J connectivity index is 3.05. The number of hydrogen-bond donors (Lipinski definition) is 2. The summed E-state index contributed by atoms with van der Waals surface area (Å²) in [6, 6.07) is 5.19. The monoisotopic (exact) mass is 339 g/mol. The number of methoxy groups -OCH3 is 2. The van der Waals surface area contributed by atoms with Crippen LogP contribution in [-0.2, 0) is 9.59 Å². The van der Waals surface area contributed by atoms with E-state index >= 15 is 0 Å². The summed E-state index contributed by atoms with van der Waals surface area (Å²) in [7, 11) is 3.07. The van der Waals surface area contributed by atoms with Gasteiger partial charge >= 0.3 is 0 Å². The second kappa shape index (κ2) is 8.33. The number of thiocarbonyl (C=S) groups is 1. The molecule has 1 rings (SSSR count). The quantitative estimate of drug-likeness (QED) is 0.453. The number of rotatable bonds is 6. The van der Waals surface area contributed by atoms with Crippen molar-refractivity contribution in [2.75, 3.05) is 20.8 Å². The maximum Gasteiger partial charge on any atom is 0.250 e. The van der Waals surface area contributed by atoms with Crippen molar-refractivity contribution in [2.45, 2.75) is 13.8 Å². The van der Waals surface area contributed by atoms with Crippen LogP contribution in [0.3, 0.4) is 0 Å². The number of carbonyl (C=O) groups is 2. The number of benzene rings is 1. The molecule has 1 aromatic carbocycles. The first-order valence-corrected chi connectivity index (χ1v) is 7.40. The van der Waals surface area contributed by atoms with Crippen LogP contribution in [0.25, 0.3) is 0 Å². The Morgan fingerprint density at radius 3 is 2.48 bits per heavy atom. The lowest BCUT2D eigenvalue weighted by Gasteiger charge is -2.26. The van der Waals surface area contributed by atoms with E-state index < -0.39 is 17.7 Å². The number of nitrogens with one attached hydrogen (secondary N) is 1. The van der Waals surface area contributed by atoms with E-state index in [1.807, 2.05) is 6.92 Å². The molecule has 0 aliphatic rings. The van der Waals surface area contributed by atoms with Gasteiger partial charge in [0.15, 0.2) is 0 Å². The van der Waals surface area contributed by atoms with Crippen LogP contribution in [0.1, 0.15) is 19.4 Å². The van der Waals surface area contributed by atoms with Crippen LogP contribution < -0.4 is 20.6 Å². The van der Waals surface area contributed by atoms with Crippen LogP contribution >= 0.6 is 12.2 Å². The van der Waals surface area contributed by atoms with Crippen LogP contribution in [0, 0.1) is 5.92 Å². The molecule has 0 bridgehead atoms. The standard InChI is InChI=1S/C15H21N3O4S/c1-5-18(17-14(20)9(2)13(16)19)15(23)11-8-10(21-3)6-7-12(11)22-4/h6-9H,5H2,1-4H3,(H2,16,19)(H,17,20). The maximum atomic E-state index is 12.0.